The lowest BCUT2D eigenvalue weighted by molar-refractivity contribution is -0.137. The van der Waals surface area contributed by atoms with E-state index in [1.165, 1.54) is 24.4 Å². The molecule has 0 aliphatic heterocycles. The van der Waals surface area contributed by atoms with Crippen LogP contribution in [0.25, 0.3) is 0 Å². The van der Waals surface area contributed by atoms with Crippen molar-refractivity contribution in [2.24, 2.45) is 0 Å². The molecule has 0 aliphatic carbocycles. The normalized spacial score (nSPS) is 11.2. The van der Waals surface area contributed by atoms with Gasteiger partial charge < -0.3 is 10.1 Å². The molecule has 0 atom stereocenters. The minimum absolute atomic E-state index is 0.0703. The maximum atomic E-state index is 12.6. The number of nitrogens with zero attached hydrogens (tertiary/aromatic N) is 2. The van der Waals surface area contributed by atoms with Gasteiger partial charge in [-0.15, -0.1) is 0 Å². The molecule has 2 rings (SSSR count). The molecule has 1 aromatic heterocycles. The average Bonchev–Trinajstić information content (AvgIpc) is 2.39. The van der Waals surface area contributed by atoms with E-state index >= 15 is 0 Å². The van der Waals surface area contributed by atoms with Crippen LogP contribution in [0.5, 0.6) is 11.6 Å². The number of ether oxygens (including phenoxy) is 1. The molecular weight excluding hydrogens is 271 g/mol. The molecule has 0 fully saturated rings. The van der Waals surface area contributed by atoms with Crippen LogP contribution in [0.1, 0.15) is 12.5 Å². The highest BCUT2D eigenvalue weighted by molar-refractivity contribution is 5.34. The van der Waals surface area contributed by atoms with Crippen molar-refractivity contribution >= 4 is 5.95 Å². The second kappa shape index (κ2) is 5.77. The van der Waals surface area contributed by atoms with Gasteiger partial charge in [-0.05, 0) is 25.1 Å². The molecular formula is C13H12F3N3O. The molecule has 1 aromatic carbocycles. The van der Waals surface area contributed by atoms with Crippen LogP contribution in [0.15, 0.2) is 36.5 Å². The highest BCUT2D eigenvalue weighted by Crippen LogP contribution is 2.32. The smallest absolute Gasteiger partial charge is 0.416 e. The molecule has 0 saturated heterocycles. The van der Waals surface area contributed by atoms with E-state index in [0.29, 0.717) is 12.5 Å². The van der Waals surface area contributed by atoms with Gasteiger partial charge in [-0.25, -0.2) is 4.98 Å². The van der Waals surface area contributed by atoms with Crippen LogP contribution in [0, 0.1) is 0 Å². The fourth-order valence-corrected chi connectivity index (χ4v) is 1.50. The summed E-state index contributed by atoms with van der Waals surface area (Å²) in [5, 5.41) is 2.89. The molecule has 1 heterocycles. The van der Waals surface area contributed by atoms with Crippen molar-refractivity contribution in [1.29, 1.82) is 0 Å². The Morgan fingerprint density at radius 2 is 2.05 bits per heavy atom. The van der Waals surface area contributed by atoms with Gasteiger partial charge in [-0.2, -0.15) is 18.2 Å². The monoisotopic (exact) mass is 283 g/mol. The molecule has 106 valence electrons. The molecule has 0 bridgehead atoms. The van der Waals surface area contributed by atoms with Crippen LogP contribution >= 0.6 is 0 Å². The minimum atomic E-state index is -4.40. The maximum absolute atomic E-state index is 12.6. The molecule has 0 saturated carbocycles. The molecule has 1 N–H and O–H groups in total. The minimum Gasteiger partial charge on any atom is -0.439 e. The van der Waals surface area contributed by atoms with Crippen molar-refractivity contribution in [1.82, 2.24) is 9.97 Å². The van der Waals surface area contributed by atoms with Gasteiger partial charge >= 0.3 is 6.18 Å². The van der Waals surface area contributed by atoms with E-state index in [2.05, 4.69) is 15.3 Å². The van der Waals surface area contributed by atoms with Gasteiger partial charge in [0.1, 0.15) is 5.75 Å². The van der Waals surface area contributed by atoms with Gasteiger partial charge in [0, 0.05) is 18.8 Å². The van der Waals surface area contributed by atoms with Crippen molar-refractivity contribution < 1.29 is 17.9 Å². The van der Waals surface area contributed by atoms with Crippen molar-refractivity contribution in [2.75, 3.05) is 11.9 Å². The van der Waals surface area contributed by atoms with Gasteiger partial charge in [-0.3, -0.25) is 0 Å². The Kier molecular flexibility index (Phi) is 4.07. The quantitative estimate of drug-likeness (QED) is 0.929. The van der Waals surface area contributed by atoms with Gasteiger partial charge in [0.15, 0.2) is 0 Å². The first-order valence-electron chi connectivity index (χ1n) is 5.91. The summed E-state index contributed by atoms with van der Waals surface area (Å²) in [7, 11) is 0. The number of aromatic nitrogens is 2. The first-order chi connectivity index (χ1) is 9.49. The van der Waals surface area contributed by atoms with E-state index in [-0.39, 0.29) is 11.6 Å². The predicted molar refractivity (Wildman–Crippen MR) is 67.7 cm³/mol. The fourth-order valence-electron chi connectivity index (χ4n) is 1.50. The highest BCUT2D eigenvalue weighted by atomic mass is 19.4. The summed E-state index contributed by atoms with van der Waals surface area (Å²) in [6.07, 6.45) is -2.94. The summed E-state index contributed by atoms with van der Waals surface area (Å²) in [4.78, 5) is 7.97. The van der Waals surface area contributed by atoms with Crippen LogP contribution in [0.3, 0.4) is 0 Å². The van der Waals surface area contributed by atoms with E-state index in [1.807, 2.05) is 6.92 Å². The van der Waals surface area contributed by atoms with Crippen molar-refractivity contribution in [3.05, 3.63) is 42.1 Å². The standard InChI is InChI=1S/C13H12F3N3O/c1-2-17-12-18-7-6-11(19-12)20-10-5-3-4-9(8-10)13(14,15)16/h3-8H,2H2,1H3,(H,17,18,19). The van der Waals surface area contributed by atoms with Gasteiger partial charge in [0.25, 0.3) is 0 Å². The summed E-state index contributed by atoms with van der Waals surface area (Å²) in [6, 6.07) is 6.10. The molecule has 0 amide bonds. The topological polar surface area (TPSA) is 47.0 Å². The Balaban J connectivity index is 2.19. The molecule has 7 heteroatoms. The number of nitrogens with one attached hydrogen (secondary N) is 1. The zero-order chi connectivity index (χ0) is 14.6. The van der Waals surface area contributed by atoms with E-state index in [1.54, 1.807) is 0 Å². The average molecular weight is 283 g/mol. The Morgan fingerprint density at radius 1 is 1.25 bits per heavy atom. The molecule has 2 aromatic rings. The van der Waals surface area contributed by atoms with Crippen molar-refractivity contribution in [3.8, 4) is 11.6 Å². The third-order valence-corrected chi connectivity index (χ3v) is 2.35. The number of alkyl halides is 3. The van der Waals surface area contributed by atoms with Crippen molar-refractivity contribution in [2.45, 2.75) is 13.1 Å². The number of benzene rings is 1. The lowest BCUT2D eigenvalue weighted by Crippen LogP contribution is -2.05. The summed E-state index contributed by atoms with van der Waals surface area (Å²) in [5.74, 6) is 0.605. The van der Waals surface area contributed by atoms with Gasteiger partial charge in [0.05, 0.1) is 5.56 Å². The van der Waals surface area contributed by atoms with Crippen LogP contribution in [0.2, 0.25) is 0 Å². The van der Waals surface area contributed by atoms with E-state index < -0.39 is 11.7 Å². The number of hydrogen-bond acceptors (Lipinski definition) is 4. The SMILES string of the molecule is CCNc1nccc(Oc2cccc(C(F)(F)F)c2)n1. The molecule has 0 unspecified atom stereocenters. The number of hydrogen-bond donors (Lipinski definition) is 1. The van der Waals surface area contributed by atoms with Crippen molar-refractivity contribution in [3.63, 3.8) is 0 Å². The Hall–Kier alpha value is -2.31. The molecule has 4 nitrogen and oxygen atoms in total. The summed E-state index contributed by atoms with van der Waals surface area (Å²) < 4.78 is 43.0. The Morgan fingerprint density at radius 3 is 2.75 bits per heavy atom. The van der Waals surface area contributed by atoms with Gasteiger partial charge in [0.2, 0.25) is 11.8 Å². The van der Waals surface area contributed by atoms with Crippen LogP contribution in [0.4, 0.5) is 19.1 Å². The fraction of sp³-hybridized carbons (Fsp3) is 0.231. The predicted octanol–water partition coefficient (Wildman–Crippen LogP) is 3.72. The van der Waals surface area contributed by atoms with Crippen LogP contribution in [-0.4, -0.2) is 16.5 Å². The molecule has 20 heavy (non-hydrogen) atoms. The summed E-state index contributed by atoms with van der Waals surface area (Å²) in [6.45, 7) is 2.51. The summed E-state index contributed by atoms with van der Waals surface area (Å²) in [5.41, 5.74) is -0.768. The molecule has 0 spiro atoms. The third-order valence-electron chi connectivity index (χ3n) is 2.35. The number of anilines is 1. The Labute approximate surface area is 113 Å². The lowest BCUT2D eigenvalue weighted by Gasteiger charge is -2.10. The zero-order valence-corrected chi connectivity index (χ0v) is 10.6. The lowest BCUT2D eigenvalue weighted by atomic mass is 10.2. The molecule has 0 aliphatic rings. The van der Waals surface area contributed by atoms with E-state index in [9.17, 15) is 13.2 Å². The van der Waals surface area contributed by atoms with Crippen LogP contribution < -0.4 is 10.1 Å². The second-order valence-electron chi connectivity index (χ2n) is 3.88. The largest absolute Gasteiger partial charge is 0.439 e. The number of halogens is 3. The molecule has 0 radical (unpaired) electrons. The van der Waals surface area contributed by atoms with Gasteiger partial charge in [-0.1, -0.05) is 6.07 Å². The zero-order valence-electron chi connectivity index (χ0n) is 10.6. The number of rotatable bonds is 4. The first kappa shape index (κ1) is 14.1. The van der Waals surface area contributed by atoms with E-state index in [4.69, 9.17) is 4.74 Å². The second-order valence-corrected chi connectivity index (χ2v) is 3.88. The van der Waals surface area contributed by atoms with Crippen LogP contribution in [-0.2, 0) is 6.18 Å². The first-order valence-corrected chi connectivity index (χ1v) is 5.91. The highest BCUT2D eigenvalue weighted by Gasteiger charge is 2.30. The maximum Gasteiger partial charge on any atom is 0.416 e. The summed E-state index contributed by atoms with van der Waals surface area (Å²) >= 11 is 0. The third kappa shape index (κ3) is 3.59. The Bertz CT molecular complexity index is 587. The van der Waals surface area contributed by atoms with E-state index in [0.717, 1.165) is 12.1 Å².